The molecule has 0 saturated heterocycles. The third kappa shape index (κ3) is 5.84. The molecule has 7 heteroatoms. The number of amides is 1. The van der Waals surface area contributed by atoms with Gasteiger partial charge in [-0.25, -0.2) is 0 Å². The van der Waals surface area contributed by atoms with Gasteiger partial charge in [0.1, 0.15) is 0 Å². The number of halogens is 3. The molecule has 184 valence electrons. The number of Topliss-reactive ketones (excluding diaryl/α,β-unsaturated/α-hetero) is 1. The van der Waals surface area contributed by atoms with Crippen molar-refractivity contribution in [2.24, 2.45) is 5.92 Å². The van der Waals surface area contributed by atoms with Crippen LogP contribution >= 0.6 is 0 Å². The van der Waals surface area contributed by atoms with Gasteiger partial charge < -0.3 is 9.47 Å². The minimum absolute atomic E-state index is 0.109. The van der Waals surface area contributed by atoms with Crippen LogP contribution < -0.4 is 0 Å². The van der Waals surface area contributed by atoms with Crippen molar-refractivity contribution in [3.63, 3.8) is 0 Å². The number of rotatable bonds is 9. The molecule has 3 aromatic rings. The average Bonchev–Trinajstić information content (AvgIpc) is 3.63. The lowest BCUT2D eigenvalue weighted by atomic mass is 10.0. The van der Waals surface area contributed by atoms with Crippen LogP contribution in [0.3, 0.4) is 0 Å². The zero-order valence-electron chi connectivity index (χ0n) is 19.9. The summed E-state index contributed by atoms with van der Waals surface area (Å²) in [4.78, 5) is 27.2. The summed E-state index contributed by atoms with van der Waals surface area (Å²) in [6.07, 6.45) is -1.90. The third-order valence-corrected chi connectivity index (χ3v) is 6.53. The molecular formula is C28H29F3N2O2. The molecule has 1 fully saturated rings. The predicted octanol–water partition coefficient (Wildman–Crippen LogP) is 6.17. The van der Waals surface area contributed by atoms with Crippen molar-refractivity contribution >= 4 is 11.7 Å². The molecule has 0 N–H and O–H groups in total. The zero-order chi connectivity index (χ0) is 25.2. The molecule has 35 heavy (non-hydrogen) atoms. The molecule has 4 rings (SSSR count). The monoisotopic (exact) mass is 482 g/mol. The van der Waals surface area contributed by atoms with Gasteiger partial charge in [-0.1, -0.05) is 48.5 Å². The van der Waals surface area contributed by atoms with Gasteiger partial charge in [-0.05, 0) is 49.4 Å². The van der Waals surface area contributed by atoms with Gasteiger partial charge in [0, 0.05) is 49.4 Å². The van der Waals surface area contributed by atoms with Gasteiger partial charge in [0.25, 0.3) is 0 Å². The second kappa shape index (κ2) is 10.1. The van der Waals surface area contributed by atoms with Gasteiger partial charge in [-0.2, -0.15) is 13.2 Å². The SMILES string of the molecule is Cc1c(C(=O)Cc2cccc(C(F)(F)F)c2)cc(-c2ccccc2)n1CCCN(C)C(=O)C1CC1. The maximum absolute atomic E-state index is 13.2. The summed E-state index contributed by atoms with van der Waals surface area (Å²) in [6, 6.07) is 16.5. The van der Waals surface area contributed by atoms with E-state index in [1.807, 2.05) is 50.4 Å². The molecule has 0 unspecified atom stereocenters. The van der Waals surface area contributed by atoms with Crippen molar-refractivity contribution in [2.75, 3.05) is 13.6 Å². The summed E-state index contributed by atoms with van der Waals surface area (Å²) < 4.78 is 41.4. The second-order valence-electron chi connectivity index (χ2n) is 9.23. The van der Waals surface area contributed by atoms with E-state index < -0.39 is 11.7 Å². The summed E-state index contributed by atoms with van der Waals surface area (Å²) in [6.45, 7) is 3.11. The Hall–Kier alpha value is -3.35. The molecule has 1 aliphatic rings. The van der Waals surface area contributed by atoms with E-state index in [9.17, 15) is 22.8 Å². The molecular weight excluding hydrogens is 453 g/mol. The Morgan fingerprint density at radius 2 is 1.74 bits per heavy atom. The van der Waals surface area contributed by atoms with E-state index in [0.717, 1.165) is 48.3 Å². The molecule has 4 nitrogen and oxygen atoms in total. The molecule has 0 bridgehead atoms. The Morgan fingerprint density at radius 1 is 1.03 bits per heavy atom. The van der Waals surface area contributed by atoms with E-state index in [4.69, 9.17) is 0 Å². The van der Waals surface area contributed by atoms with E-state index in [0.29, 0.717) is 24.2 Å². The van der Waals surface area contributed by atoms with Crippen LogP contribution in [0.15, 0.2) is 60.7 Å². The van der Waals surface area contributed by atoms with Crippen LogP contribution in [-0.2, 0) is 23.9 Å². The largest absolute Gasteiger partial charge is 0.416 e. The molecule has 2 aromatic carbocycles. The molecule has 0 spiro atoms. The van der Waals surface area contributed by atoms with E-state index in [1.54, 1.807) is 11.0 Å². The van der Waals surface area contributed by atoms with Gasteiger partial charge in [-0.15, -0.1) is 0 Å². The highest BCUT2D eigenvalue weighted by molar-refractivity contribution is 6.00. The van der Waals surface area contributed by atoms with Crippen molar-refractivity contribution in [3.8, 4) is 11.3 Å². The number of aromatic nitrogens is 1. The molecule has 0 aliphatic heterocycles. The first-order chi connectivity index (χ1) is 16.6. The summed E-state index contributed by atoms with van der Waals surface area (Å²) in [5.74, 6) is 0.140. The number of ketones is 1. The smallest absolute Gasteiger partial charge is 0.345 e. The zero-order valence-corrected chi connectivity index (χ0v) is 19.9. The van der Waals surface area contributed by atoms with E-state index >= 15 is 0 Å². The second-order valence-corrected chi connectivity index (χ2v) is 9.23. The quantitative estimate of drug-likeness (QED) is 0.343. The Balaban J connectivity index is 1.56. The van der Waals surface area contributed by atoms with Crippen molar-refractivity contribution < 1.29 is 22.8 Å². The standard InChI is InChI=1S/C28H29F3N2O2/c1-19-24(26(34)17-20-8-6-11-23(16-20)28(29,30)31)18-25(21-9-4-3-5-10-21)33(19)15-7-14-32(2)27(35)22-12-13-22/h3-6,8-11,16,18,22H,7,12-15,17H2,1-2H3. The highest BCUT2D eigenvalue weighted by Crippen LogP contribution is 2.32. The van der Waals surface area contributed by atoms with Crippen LogP contribution in [-0.4, -0.2) is 34.7 Å². The van der Waals surface area contributed by atoms with Crippen LogP contribution in [0, 0.1) is 12.8 Å². The fourth-order valence-electron chi connectivity index (χ4n) is 4.42. The number of benzene rings is 2. The Labute approximate surface area is 203 Å². The molecule has 1 aromatic heterocycles. The minimum atomic E-state index is -4.45. The number of alkyl halides is 3. The Bertz CT molecular complexity index is 1210. The normalized spacial score (nSPS) is 13.6. The van der Waals surface area contributed by atoms with Crippen molar-refractivity contribution in [2.45, 2.75) is 45.3 Å². The van der Waals surface area contributed by atoms with E-state index in [-0.39, 0.29) is 24.0 Å². The van der Waals surface area contributed by atoms with E-state index in [1.165, 1.54) is 6.07 Å². The summed E-state index contributed by atoms with van der Waals surface area (Å²) >= 11 is 0. The average molecular weight is 483 g/mol. The van der Waals surface area contributed by atoms with Gasteiger partial charge in [-0.3, -0.25) is 9.59 Å². The van der Waals surface area contributed by atoms with Crippen LogP contribution in [0.25, 0.3) is 11.3 Å². The van der Waals surface area contributed by atoms with Gasteiger partial charge in [0.05, 0.1) is 5.56 Å². The van der Waals surface area contributed by atoms with Crippen molar-refractivity contribution in [1.29, 1.82) is 0 Å². The maximum atomic E-state index is 13.2. The summed E-state index contributed by atoms with van der Waals surface area (Å²) in [7, 11) is 1.82. The summed E-state index contributed by atoms with van der Waals surface area (Å²) in [5.41, 5.74) is 2.69. The van der Waals surface area contributed by atoms with Crippen molar-refractivity contribution in [1.82, 2.24) is 9.47 Å². The third-order valence-electron chi connectivity index (χ3n) is 6.53. The van der Waals surface area contributed by atoms with Crippen LogP contribution in [0.1, 0.15) is 46.4 Å². The van der Waals surface area contributed by atoms with Gasteiger partial charge >= 0.3 is 6.18 Å². The number of hydrogen-bond acceptors (Lipinski definition) is 2. The van der Waals surface area contributed by atoms with Crippen LogP contribution in [0.2, 0.25) is 0 Å². The molecule has 1 saturated carbocycles. The maximum Gasteiger partial charge on any atom is 0.416 e. The molecule has 0 atom stereocenters. The fraction of sp³-hybridized carbons (Fsp3) is 0.357. The summed E-state index contributed by atoms with van der Waals surface area (Å²) in [5, 5.41) is 0. The Morgan fingerprint density at radius 3 is 2.40 bits per heavy atom. The number of hydrogen-bond donors (Lipinski definition) is 0. The Kier molecular flexibility index (Phi) is 7.15. The van der Waals surface area contributed by atoms with Crippen LogP contribution in [0.5, 0.6) is 0 Å². The van der Waals surface area contributed by atoms with Crippen LogP contribution in [0.4, 0.5) is 13.2 Å². The lowest BCUT2D eigenvalue weighted by Crippen LogP contribution is -2.29. The predicted molar refractivity (Wildman–Crippen MR) is 129 cm³/mol. The fourth-order valence-corrected chi connectivity index (χ4v) is 4.42. The lowest BCUT2D eigenvalue weighted by molar-refractivity contribution is -0.137. The highest BCUT2D eigenvalue weighted by atomic mass is 19.4. The van der Waals surface area contributed by atoms with Gasteiger partial charge in [0.15, 0.2) is 5.78 Å². The number of carbonyl (C=O) groups excluding carboxylic acids is 2. The highest BCUT2D eigenvalue weighted by Gasteiger charge is 2.32. The molecule has 1 heterocycles. The lowest BCUT2D eigenvalue weighted by Gasteiger charge is -2.18. The first-order valence-corrected chi connectivity index (χ1v) is 11.8. The topological polar surface area (TPSA) is 42.3 Å². The van der Waals surface area contributed by atoms with Crippen molar-refractivity contribution in [3.05, 3.63) is 83.0 Å². The first kappa shape index (κ1) is 24.8. The minimum Gasteiger partial charge on any atom is -0.345 e. The molecule has 0 radical (unpaired) electrons. The molecule has 1 amide bonds. The molecule has 1 aliphatic carbocycles. The number of nitrogens with zero attached hydrogens (tertiary/aromatic N) is 2. The number of carbonyl (C=O) groups is 2. The van der Waals surface area contributed by atoms with E-state index in [2.05, 4.69) is 4.57 Å². The first-order valence-electron chi connectivity index (χ1n) is 11.8. The van der Waals surface area contributed by atoms with Gasteiger partial charge in [0.2, 0.25) is 5.91 Å².